The van der Waals surface area contributed by atoms with Gasteiger partial charge < -0.3 is 4.74 Å². The number of rotatable bonds is 3. The van der Waals surface area contributed by atoms with E-state index in [-0.39, 0.29) is 0 Å². The van der Waals surface area contributed by atoms with Gasteiger partial charge >= 0.3 is 10.2 Å². The van der Waals surface area contributed by atoms with Crippen LogP contribution in [0.3, 0.4) is 0 Å². The molecule has 6 nitrogen and oxygen atoms in total. The molecule has 15 heavy (non-hydrogen) atoms. The third kappa shape index (κ3) is 4.43. The zero-order valence-corrected chi connectivity index (χ0v) is 10.1. The van der Waals surface area contributed by atoms with E-state index in [1.54, 1.807) is 20.8 Å². The molecule has 1 heterocycles. The smallest absolute Gasteiger partial charge is 0.301 e. The summed E-state index contributed by atoms with van der Waals surface area (Å²) in [4.78, 5) is 7.14. The summed E-state index contributed by atoms with van der Waals surface area (Å²) in [6.07, 6.45) is 0. The first-order chi connectivity index (χ1) is 6.81. The van der Waals surface area contributed by atoms with Crippen molar-refractivity contribution in [3.63, 3.8) is 0 Å². The van der Waals surface area contributed by atoms with Crippen LogP contribution in [0.5, 0.6) is 0 Å². The molecule has 0 saturated carbocycles. The molecule has 7 heteroatoms. The molecule has 1 fully saturated rings. The molecule has 0 aliphatic carbocycles. The molecule has 1 saturated heterocycles. The second kappa shape index (κ2) is 4.75. The Bertz CT molecular complexity index is 290. The van der Waals surface area contributed by atoms with Crippen molar-refractivity contribution in [3.8, 4) is 0 Å². The molecule has 0 aromatic carbocycles. The fraction of sp³-hybridized carbons (Fsp3) is 1.00. The molecule has 0 bridgehead atoms. The van der Waals surface area contributed by atoms with E-state index in [9.17, 15) is 8.42 Å². The van der Waals surface area contributed by atoms with Crippen molar-refractivity contribution < 1.29 is 18.0 Å². The van der Waals surface area contributed by atoms with Crippen LogP contribution >= 0.6 is 0 Å². The number of morpholine rings is 1. The van der Waals surface area contributed by atoms with E-state index in [4.69, 9.17) is 9.57 Å². The maximum absolute atomic E-state index is 11.7. The van der Waals surface area contributed by atoms with Crippen LogP contribution in [0.1, 0.15) is 20.8 Å². The highest BCUT2D eigenvalue weighted by molar-refractivity contribution is 7.87. The molecule has 90 valence electrons. The van der Waals surface area contributed by atoms with Crippen LogP contribution in [0.15, 0.2) is 0 Å². The van der Waals surface area contributed by atoms with Gasteiger partial charge in [-0.3, -0.25) is 4.84 Å². The molecule has 0 amide bonds. The van der Waals surface area contributed by atoms with E-state index in [1.807, 2.05) is 0 Å². The summed E-state index contributed by atoms with van der Waals surface area (Å²) in [6, 6.07) is 0. The van der Waals surface area contributed by atoms with E-state index in [2.05, 4.69) is 4.89 Å². The maximum atomic E-state index is 11.7. The average molecular weight is 238 g/mol. The van der Waals surface area contributed by atoms with E-state index in [0.29, 0.717) is 26.3 Å². The van der Waals surface area contributed by atoms with E-state index < -0.39 is 15.8 Å². The topological polar surface area (TPSA) is 67.9 Å². The zero-order chi connectivity index (χ0) is 11.5. The SMILES string of the molecule is CC(C)(C)ONS(=O)(=O)N1CCOCC1. The number of hydrogen-bond acceptors (Lipinski definition) is 4. The van der Waals surface area contributed by atoms with Crippen molar-refractivity contribution in [2.45, 2.75) is 26.4 Å². The molecule has 0 aromatic rings. The first-order valence-corrected chi connectivity index (χ1v) is 6.28. The Balaban J connectivity index is 2.51. The van der Waals surface area contributed by atoms with Gasteiger partial charge in [-0.1, -0.05) is 4.89 Å². The zero-order valence-electron chi connectivity index (χ0n) is 9.32. The van der Waals surface area contributed by atoms with Crippen LogP contribution in [-0.4, -0.2) is 44.6 Å². The van der Waals surface area contributed by atoms with Crippen LogP contribution in [-0.2, 0) is 19.8 Å². The minimum Gasteiger partial charge on any atom is -0.379 e. The van der Waals surface area contributed by atoms with Crippen molar-refractivity contribution >= 4 is 10.2 Å². The molecule has 1 rings (SSSR count). The van der Waals surface area contributed by atoms with Crippen molar-refractivity contribution in [2.24, 2.45) is 0 Å². The monoisotopic (exact) mass is 238 g/mol. The summed E-state index contributed by atoms with van der Waals surface area (Å²) in [7, 11) is -3.54. The van der Waals surface area contributed by atoms with Gasteiger partial charge in [-0.15, -0.1) is 0 Å². The van der Waals surface area contributed by atoms with Gasteiger partial charge in [0, 0.05) is 13.1 Å². The van der Waals surface area contributed by atoms with Crippen LogP contribution in [0.4, 0.5) is 0 Å². The largest absolute Gasteiger partial charge is 0.379 e. The lowest BCUT2D eigenvalue weighted by Crippen LogP contribution is -2.48. The van der Waals surface area contributed by atoms with Crippen molar-refractivity contribution in [1.82, 2.24) is 9.19 Å². The number of nitrogens with zero attached hydrogens (tertiary/aromatic N) is 1. The van der Waals surface area contributed by atoms with Gasteiger partial charge in [-0.25, -0.2) is 0 Å². The molecule has 0 spiro atoms. The Labute approximate surface area is 90.7 Å². The number of nitrogens with one attached hydrogen (secondary N) is 1. The second-order valence-corrected chi connectivity index (χ2v) is 5.95. The summed E-state index contributed by atoms with van der Waals surface area (Å²) >= 11 is 0. The predicted molar refractivity (Wildman–Crippen MR) is 55.3 cm³/mol. The van der Waals surface area contributed by atoms with Gasteiger partial charge in [-0.2, -0.15) is 12.7 Å². The third-order valence-electron chi connectivity index (χ3n) is 1.76. The van der Waals surface area contributed by atoms with Crippen molar-refractivity contribution in [2.75, 3.05) is 26.3 Å². The Morgan fingerprint density at radius 2 is 1.80 bits per heavy atom. The van der Waals surface area contributed by atoms with Gasteiger partial charge in [0.2, 0.25) is 0 Å². The highest BCUT2D eigenvalue weighted by atomic mass is 32.2. The summed E-state index contributed by atoms with van der Waals surface area (Å²) in [5.41, 5.74) is -0.542. The molecule has 0 aromatic heterocycles. The quantitative estimate of drug-likeness (QED) is 0.696. The van der Waals surface area contributed by atoms with Gasteiger partial charge in [-0.05, 0) is 20.8 Å². The first kappa shape index (κ1) is 12.9. The summed E-state index contributed by atoms with van der Waals surface area (Å²) in [5, 5.41) is 0. The summed E-state index contributed by atoms with van der Waals surface area (Å²) < 4.78 is 29.7. The molecular weight excluding hydrogens is 220 g/mol. The molecule has 1 aliphatic rings. The molecule has 0 atom stereocenters. The van der Waals surface area contributed by atoms with Gasteiger partial charge in [0.05, 0.1) is 18.8 Å². The maximum Gasteiger partial charge on any atom is 0.301 e. The fourth-order valence-corrected chi connectivity index (χ4v) is 2.11. The van der Waals surface area contributed by atoms with E-state index in [0.717, 1.165) is 0 Å². The average Bonchev–Trinajstić information content (AvgIpc) is 2.16. The van der Waals surface area contributed by atoms with Crippen molar-refractivity contribution in [1.29, 1.82) is 0 Å². The Morgan fingerprint density at radius 3 is 2.27 bits per heavy atom. The van der Waals surface area contributed by atoms with Crippen LogP contribution < -0.4 is 4.89 Å². The Kier molecular flexibility index (Phi) is 4.07. The lowest BCUT2D eigenvalue weighted by molar-refractivity contribution is -0.0397. The van der Waals surface area contributed by atoms with E-state index in [1.165, 1.54) is 4.31 Å². The lowest BCUT2D eigenvalue weighted by atomic mass is 10.2. The minimum atomic E-state index is -3.54. The van der Waals surface area contributed by atoms with Crippen LogP contribution in [0, 0.1) is 0 Å². The highest BCUT2D eigenvalue weighted by Crippen LogP contribution is 2.08. The minimum absolute atomic E-state index is 0.364. The molecular formula is C8H18N2O4S. The van der Waals surface area contributed by atoms with Crippen LogP contribution in [0.25, 0.3) is 0 Å². The molecule has 1 aliphatic heterocycles. The molecule has 1 N–H and O–H groups in total. The Hall–Kier alpha value is -0.210. The van der Waals surface area contributed by atoms with Gasteiger partial charge in [0.25, 0.3) is 0 Å². The second-order valence-electron chi connectivity index (χ2n) is 4.31. The van der Waals surface area contributed by atoms with Gasteiger partial charge in [0.1, 0.15) is 0 Å². The normalized spacial score (nSPS) is 20.5. The van der Waals surface area contributed by atoms with Crippen molar-refractivity contribution in [3.05, 3.63) is 0 Å². The van der Waals surface area contributed by atoms with Crippen LogP contribution in [0.2, 0.25) is 0 Å². The summed E-state index contributed by atoms with van der Waals surface area (Å²) in [5.74, 6) is 0. The lowest BCUT2D eigenvalue weighted by Gasteiger charge is -2.27. The molecule has 0 unspecified atom stereocenters. The predicted octanol–water partition coefficient (Wildman–Crippen LogP) is -0.117. The first-order valence-electron chi connectivity index (χ1n) is 4.84. The standard InChI is InChI=1S/C8H18N2O4S/c1-8(2,3)14-9-15(11,12)10-4-6-13-7-5-10/h9H,4-7H2,1-3H3. The molecule has 0 radical (unpaired) electrons. The number of hydrogen-bond donors (Lipinski definition) is 1. The van der Waals surface area contributed by atoms with Gasteiger partial charge in [0.15, 0.2) is 0 Å². The van der Waals surface area contributed by atoms with E-state index >= 15 is 0 Å². The highest BCUT2D eigenvalue weighted by Gasteiger charge is 2.26. The Morgan fingerprint density at radius 1 is 1.27 bits per heavy atom. The fourth-order valence-electron chi connectivity index (χ4n) is 1.02. The third-order valence-corrected chi connectivity index (χ3v) is 3.10. The number of ether oxygens (including phenoxy) is 1. The summed E-state index contributed by atoms with van der Waals surface area (Å²) in [6.45, 7) is 6.90.